The van der Waals surface area contributed by atoms with Crippen molar-refractivity contribution >= 4 is 18.5 Å². The van der Waals surface area contributed by atoms with Crippen LogP contribution in [0.3, 0.4) is 0 Å². The summed E-state index contributed by atoms with van der Waals surface area (Å²) in [5, 5.41) is 0. The lowest BCUT2D eigenvalue weighted by Gasteiger charge is -2.11. The fourth-order valence-electron chi connectivity index (χ4n) is 2.89. The Bertz CT molecular complexity index is 674. The largest absolute Gasteiger partial charge is 0.454 e. The first-order valence-corrected chi connectivity index (χ1v) is 7.24. The minimum absolute atomic E-state index is 0. The smallest absolute Gasteiger partial charge is 0.231 e. The van der Waals surface area contributed by atoms with E-state index in [1.54, 1.807) is 0 Å². The molecule has 0 bridgehead atoms. The van der Waals surface area contributed by atoms with Crippen LogP contribution in [0, 0.1) is 0 Å². The van der Waals surface area contributed by atoms with E-state index in [4.69, 9.17) is 9.47 Å². The van der Waals surface area contributed by atoms with Crippen molar-refractivity contribution in [3.05, 3.63) is 65.2 Å². The van der Waals surface area contributed by atoms with Gasteiger partial charge in [0.1, 0.15) is 0 Å². The van der Waals surface area contributed by atoms with E-state index in [1.165, 1.54) is 11.1 Å². The van der Waals surface area contributed by atoms with Gasteiger partial charge < -0.3 is 9.47 Å². The summed E-state index contributed by atoms with van der Waals surface area (Å²) in [6.07, 6.45) is 4.36. The van der Waals surface area contributed by atoms with Crippen molar-refractivity contribution < 1.29 is 9.47 Å². The SMILES string of the molecule is C(=C\c1ccc2c(c1)OCO2)/CN1Cc2ccccc2C1.Cl. The number of halogens is 1. The molecule has 0 amide bonds. The Morgan fingerprint density at radius 3 is 2.45 bits per heavy atom. The van der Waals surface area contributed by atoms with Crippen molar-refractivity contribution in [1.29, 1.82) is 0 Å². The van der Waals surface area contributed by atoms with Crippen LogP contribution in [0.2, 0.25) is 0 Å². The van der Waals surface area contributed by atoms with Gasteiger partial charge in [0, 0.05) is 19.6 Å². The molecular formula is C18H18ClNO2. The predicted octanol–water partition coefficient (Wildman–Crippen LogP) is 3.87. The van der Waals surface area contributed by atoms with Crippen molar-refractivity contribution in [3.63, 3.8) is 0 Å². The Labute approximate surface area is 136 Å². The van der Waals surface area contributed by atoms with Crippen LogP contribution in [-0.4, -0.2) is 18.2 Å². The first kappa shape index (κ1) is 14.9. The third-order valence-corrected chi connectivity index (χ3v) is 3.98. The molecule has 0 spiro atoms. The van der Waals surface area contributed by atoms with Crippen LogP contribution in [-0.2, 0) is 13.1 Å². The van der Waals surface area contributed by atoms with E-state index in [2.05, 4.69) is 47.4 Å². The second kappa shape index (κ2) is 6.42. The van der Waals surface area contributed by atoms with Gasteiger partial charge in [-0.05, 0) is 28.8 Å². The lowest BCUT2D eigenvalue weighted by Crippen LogP contribution is -2.15. The zero-order valence-electron chi connectivity index (χ0n) is 12.2. The molecule has 4 rings (SSSR count). The first-order valence-electron chi connectivity index (χ1n) is 7.24. The van der Waals surface area contributed by atoms with Crippen molar-refractivity contribution in [1.82, 2.24) is 4.90 Å². The number of fused-ring (bicyclic) bond motifs is 2. The van der Waals surface area contributed by atoms with Crippen molar-refractivity contribution in [2.24, 2.45) is 0 Å². The molecule has 4 heteroatoms. The van der Waals surface area contributed by atoms with E-state index in [0.717, 1.165) is 36.7 Å². The maximum atomic E-state index is 5.39. The highest BCUT2D eigenvalue weighted by atomic mass is 35.5. The topological polar surface area (TPSA) is 21.7 Å². The van der Waals surface area contributed by atoms with Gasteiger partial charge in [-0.2, -0.15) is 0 Å². The van der Waals surface area contributed by atoms with Crippen molar-refractivity contribution in [2.45, 2.75) is 13.1 Å². The van der Waals surface area contributed by atoms with Gasteiger partial charge in [0.2, 0.25) is 6.79 Å². The molecule has 0 radical (unpaired) electrons. The van der Waals surface area contributed by atoms with Crippen LogP contribution in [0.4, 0.5) is 0 Å². The molecule has 2 aromatic carbocycles. The molecule has 0 N–H and O–H groups in total. The highest BCUT2D eigenvalue weighted by molar-refractivity contribution is 5.85. The third kappa shape index (κ3) is 2.96. The molecule has 0 saturated carbocycles. The van der Waals surface area contributed by atoms with E-state index in [1.807, 2.05) is 12.1 Å². The average molecular weight is 316 g/mol. The van der Waals surface area contributed by atoms with Gasteiger partial charge in [-0.3, -0.25) is 4.90 Å². The Morgan fingerprint density at radius 1 is 0.955 bits per heavy atom. The molecule has 114 valence electrons. The molecule has 2 aromatic rings. The number of benzene rings is 2. The summed E-state index contributed by atoms with van der Waals surface area (Å²) < 4.78 is 10.7. The predicted molar refractivity (Wildman–Crippen MR) is 89.4 cm³/mol. The number of rotatable bonds is 3. The quantitative estimate of drug-likeness (QED) is 0.858. The van der Waals surface area contributed by atoms with E-state index >= 15 is 0 Å². The Morgan fingerprint density at radius 2 is 1.68 bits per heavy atom. The molecule has 2 heterocycles. The van der Waals surface area contributed by atoms with E-state index in [-0.39, 0.29) is 12.4 Å². The van der Waals surface area contributed by atoms with Crippen molar-refractivity contribution in [3.8, 4) is 11.5 Å². The molecule has 0 aliphatic carbocycles. The molecule has 0 unspecified atom stereocenters. The maximum absolute atomic E-state index is 5.39. The lowest BCUT2D eigenvalue weighted by atomic mass is 10.1. The van der Waals surface area contributed by atoms with E-state index < -0.39 is 0 Å². The highest BCUT2D eigenvalue weighted by Gasteiger charge is 2.16. The van der Waals surface area contributed by atoms with Gasteiger partial charge in [0.05, 0.1) is 0 Å². The normalized spacial score (nSPS) is 15.8. The maximum Gasteiger partial charge on any atom is 0.231 e. The monoisotopic (exact) mass is 315 g/mol. The van der Waals surface area contributed by atoms with Crippen LogP contribution in [0.25, 0.3) is 6.08 Å². The summed E-state index contributed by atoms with van der Waals surface area (Å²) in [7, 11) is 0. The van der Waals surface area contributed by atoms with Gasteiger partial charge >= 0.3 is 0 Å². The Hall–Kier alpha value is -1.97. The summed E-state index contributed by atoms with van der Waals surface area (Å²) in [5.41, 5.74) is 4.05. The third-order valence-electron chi connectivity index (χ3n) is 3.98. The first-order chi connectivity index (χ1) is 10.4. The summed E-state index contributed by atoms with van der Waals surface area (Å²) in [6, 6.07) is 14.7. The lowest BCUT2D eigenvalue weighted by molar-refractivity contribution is 0.174. The zero-order chi connectivity index (χ0) is 14.1. The van der Waals surface area contributed by atoms with Crippen LogP contribution in [0.1, 0.15) is 16.7 Å². The molecule has 0 aromatic heterocycles. The number of nitrogens with zero attached hydrogens (tertiary/aromatic N) is 1. The van der Waals surface area contributed by atoms with E-state index in [0.29, 0.717) is 6.79 Å². The van der Waals surface area contributed by atoms with Crippen LogP contribution in [0.5, 0.6) is 11.5 Å². The molecule has 0 fully saturated rings. The standard InChI is InChI=1S/C18H17NO2.ClH/c1-2-6-16-12-19(11-15(16)5-1)9-3-4-14-7-8-17-18(10-14)21-13-20-17;/h1-8,10H,9,11-13H2;1H/b4-3+;. The summed E-state index contributed by atoms with van der Waals surface area (Å²) in [4.78, 5) is 2.44. The average Bonchev–Trinajstić information content (AvgIpc) is 3.12. The highest BCUT2D eigenvalue weighted by Crippen LogP contribution is 2.32. The van der Waals surface area contributed by atoms with Gasteiger partial charge in [-0.1, -0.05) is 42.5 Å². The number of hydrogen-bond acceptors (Lipinski definition) is 3. The van der Waals surface area contributed by atoms with Crippen LogP contribution < -0.4 is 9.47 Å². The Balaban J connectivity index is 0.00000144. The Kier molecular flexibility index (Phi) is 4.36. The summed E-state index contributed by atoms with van der Waals surface area (Å²) >= 11 is 0. The second-order valence-electron chi connectivity index (χ2n) is 5.45. The fourth-order valence-corrected chi connectivity index (χ4v) is 2.89. The summed E-state index contributed by atoms with van der Waals surface area (Å²) in [6.45, 7) is 3.38. The minimum Gasteiger partial charge on any atom is -0.454 e. The minimum atomic E-state index is 0. The van der Waals surface area contributed by atoms with Crippen LogP contribution >= 0.6 is 12.4 Å². The van der Waals surface area contributed by atoms with Crippen molar-refractivity contribution in [2.75, 3.05) is 13.3 Å². The molecule has 2 aliphatic rings. The number of ether oxygens (including phenoxy) is 2. The second-order valence-corrected chi connectivity index (χ2v) is 5.45. The zero-order valence-corrected chi connectivity index (χ0v) is 13.0. The molecule has 22 heavy (non-hydrogen) atoms. The molecule has 0 atom stereocenters. The van der Waals surface area contributed by atoms with Crippen LogP contribution in [0.15, 0.2) is 48.5 Å². The molecular weight excluding hydrogens is 298 g/mol. The molecule has 2 aliphatic heterocycles. The van der Waals surface area contributed by atoms with E-state index in [9.17, 15) is 0 Å². The van der Waals surface area contributed by atoms with Gasteiger partial charge in [0.25, 0.3) is 0 Å². The van der Waals surface area contributed by atoms with Gasteiger partial charge in [-0.15, -0.1) is 12.4 Å². The molecule has 3 nitrogen and oxygen atoms in total. The van der Waals surface area contributed by atoms with Gasteiger partial charge in [-0.25, -0.2) is 0 Å². The molecule has 0 saturated heterocycles. The fraction of sp³-hybridized carbons (Fsp3) is 0.222. The van der Waals surface area contributed by atoms with Gasteiger partial charge in [0.15, 0.2) is 11.5 Å². The number of hydrogen-bond donors (Lipinski definition) is 0. The summed E-state index contributed by atoms with van der Waals surface area (Å²) in [5.74, 6) is 1.67.